The van der Waals surface area contributed by atoms with Gasteiger partial charge in [-0.25, -0.2) is 5.43 Å². The van der Waals surface area contributed by atoms with E-state index in [2.05, 4.69) is 20.8 Å². The van der Waals surface area contributed by atoms with Crippen LogP contribution in [0.25, 0.3) is 0 Å². The van der Waals surface area contributed by atoms with Crippen LogP contribution in [0.2, 0.25) is 0 Å². The zero-order valence-corrected chi connectivity index (χ0v) is 13.4. The van der Waals surface area contributed by atoms with E-state index in [9.17, 15) is 9.59 Å². The van der Waals surface area contributed by atoms with Gasteiger partial charge in [0.15, 0.2) is 0 Å². The van der Waals surface area contributed by atoms with Crippen LogP contribution in [0.1, 0.15) is 25.0 Å². The first-order valence-corrected chi connectivity index (χ1v) is 7.95. The van der Waals surface area contributed by atoms with E-state index >= 15 is 0 Å². The van der Waals surface area contributed by atoms with Crippen molar-refractivity contribution in [1.29, 1.82) is 0 Å². The third kappa shape index (κ3) is 4.08. The molecule has 0 bridgehead atoms. The van der Waals surface area contributed by atoms with Gasteiger partial charge in [0.05, 0.1) is 18.8 Å². The maximum atomic E-state index is 12.3. The minimum absolute atomic E-state index is 0.175. The predicted molar refractivity (Wildman–Crippen MR) is 85.6 cm³/mol. The van der Waals surface area contributed by atoms with Gasteiger partial charge in [0.1, 0.15) is 17.6 Å². The van der Waals surface area contributed by atoms with E-state index in [1.165, 1.54) is 0 Å². The van der Waals surface area contributed by atoms with Crippen molar-refractivity contribution >= 4 is 17.5 Å². The normalized spacial score (nSPS) is 23.9. The summed E-state index contributed by atoms with van der Waals surface area (Å²) >= 11 is 0. The van der Waals surface area contributed by atoms with Crippen molar-refractivity contribution in [2.24, 2.45) is 5.10 Å². The molecule has 3 rings (SSSR count). The predicted octanol–water partition coefficient (Wildman–Crippen LogP) is 0.309. The summed E-state index contributed by atoms with van der Waals surface area (Å²) in [6.07, 6.45) is 2.62. The molecule has 24 heavy (non-hydrogen) atoms. The zero-order valence-electron chi connectivity index (χ0n) is 13.4. The lowest BCUT2D eigenvalue weighted by atomic mass is 10.0. The van der Waals surface area contributed by atoms with Gasteiger partial charge in [-0.1, -0.05) is 0 Å². The topological polar surface area (TPSA) is 102 Å². The lowest BCUT2D eigenvalue weighted by Gasteiger charge is -2.32. The summed E-state index contributed by atoms with van der Waals surface area (Å²) in [6, 6.07) is 3.52. The van der Waals surface area contributed by atoms with Gasteiger partial charge in [-0.05, 0) is 25.5 Å². The first-order chi connectivity index (χ1) is 11.6. The number of hydrogen-bond donors (Lipinski definition) is 2. The second-order valence-corrected chi connectivity index (χ2v) is 5.83. The molecular weight excluding hydrogens is 312 g/mol. The van der Waals surface area contributed by atoms with E-state index < -0.39 is 0 Å². The maximum absolute atomic E-state index is 12.3. The number of pyridine rings is 1. The van der Waals surface area contributed by atoms with E-state index in [1.54, 1.807) is 6.20 Å². The van der Waals surface area contributed by atoms with E-state index in [1.807, 2.05) is 19.1 Å². The van der Waals surface area contributed by atoms with Crippen LogP contribution in [0.5, 0.6) is 5.75 Å². The molecule has 1 fully saturated rings. The lowest BCUT2D eigenvalue weighted by Crippen LogP contribution is -2.53. The van der Waals surface area contributed by atoms with Gasteiger partial charge in [-0.3, -0.25) is 14.6 Å². The van der Waals surface area contributed by atoms with Crippen molar-refractivity contribution in [3.8, 4) is 5.75 Å². The van der Waals surface area contributed by atoms with Gasteiger partial charge >= 0.3 is 0 Å². The van der Waals surface area contributed by atoms with Crippen molar-refractivity contribution in [1.82, 2.24) is 15.7 Å². The average Bonchev–Trinajstić information content (AvgIpc) is 2.59. The molecule has 1 aromatic heterocycles. The summed E-state index contributed by atoms with van der Waals surface area (Å²) < 4.78 is 11.4. The molecule has 0 aromatic carbocycles. The number of carbonyl (C=O) groups excluding carboxylic acids is 2. The molecule has 0 radical (unpaired) electrons. The Morgan fingerprint density at radius 3 is 3.00 bits per heavy atom. The maximum Gasteiger partial charge on any atom is 0.267 e. The fourth-order valence-corrected chi connectivity index (χ4v) is 2.58. The van der Waals surface area contributed by atoms with E-state index in [0.717, 1.165) is 5.69 Å². The summed E-state index contributed by atoms with van der Waals surface area (Å²) in [5.41, 5.74) is 3.57. The summed E-state index contributed by atoms with van der Waals surface area (Å²) in [5.74, 6) is 0.181. The van der Waals surface area contributed by atoms with E-state index in [4.69, 9.17) is 9.47 Å². The van der Waals surface area contributed by atoms with Crippen molar-refractivity contribution < 1.29 is 19.1 Å². The Bertz CT molecular complexity index is 644. The average molecular weight is 332 g/mol. The third-order valence-electron chi connectivity index (χ3n) is 3.96. The molecule has 2 amide bonds. The molecule has 0 saturated carbocycles. The number of amides is 2. The molecular formula is C16H20N4O4. The number of hydrogen-bond acceptors (Lipinski definition) is 6. The minimum atomic E-state index is -0.300. The highest BCUT2D eigenvalue weighted by molar-refractivity contribution is 6.39. The van der Waals surface area contributed by atoms with Crippen LogP contribution in [0.15, 0.2) is 23.4 Å². The van der Waals surface area contributed by atoms with E-state index in [0.29, 0.717) is 37.5 Å². The zero-order chi connectivity index (χ0) is 16.9. The van der Waals surface area contributed by atoms with Gasteiger partial charge in [-0.15, -0.1) is 0 Å². The van der Waals surface area contributed by atoms with Crippen LogP contribution < -0.4 is 15.5 Å². The highest BCUT2D eigenvalue weighted by Gasteiger charge is 2.30. The number of nitrogens with zero attached hydrogens (tertiary/aromatic N) is 2. The van der Waals surface area contributed by atoms with Crippen molar-refractivity contribution in [3.05, 3.63) is 24.0 Å². The molecule has 2 aliphatic rings. The molecule has 8 nitrogen and oxygen atoms in total. The SMILES string of the molecule is Cc1ccc(O[C@H]2COCC[C@H]2NC(=O)C2=NNC(=O)CC2)cn1. The Kier molecular flexibility index (Phi) is 5.05. The molecule has 3 heterocycles. The van der Waals surface area contributed by atoms with Crippen molar-refractivity contribution in [3.63, 3.8) is 0 Å². The largest absolute Gasteiger partial charge is 0.484 e. The van der Waals surface area contributed by atoms with Gasteiger partial charge < -0.3 is 14.8 Å². The number of carbonyl (C=O) groups is 2. The monoisotopic (exact) mass is 332 g/mol. The Morgan fingerprint density at radius 2 is 2.29 bits per heavy atom. The van der Waals surface area contributed by atoms with Gasteiger partial charge in [0.25, 0.3) is 5.91 Å². The Hall–Kier alpha value is -2.48. The van der Waals surface area contributed by atoms with Crippen molar-refractivity contribution in [2.75, 3.05) is 13.2 Å². The lowest BCUT2D eigenvalue weighted by molar-refractivity contribution is -0.121. The molecule has 0 aliphatic carbocycles. The first-order valence-electron chi connectivity index (χ1n) is 7.95. The fraction of sp³-hybridized carbons (Fsp3) is 0.500. The Balaban J connectivity index is 1.62. The Morgan fingerprint density at radius 1 is 1.42 bits per heavy atom. The summed E-state index contributed by atoms with van der Waals surface area (Å²) in [6.45, 7) is 2.85. The minimum Gasteiger partial charge on any atom is -0.484 e. The van der Waals surface area contributed by atoms with Gasteiger partial charge in [0.2, 0.25) is 5.91 Å². The van der Waals surface area contributed by atoms with Crippen LogP contribution in [0.3, 0.4) is 0 Å². The number of ether oxygens (including phenoxy) is 2. The standard InChI is InChI=1S/C16H20N4O4/c1-10-2-3-11(8-17-10)24-14-9-23-7-6-12(14)18-16(22)13-4-5-15(21)20-19-13/h2-3,8,12,14H,4-7,9H2,1H3,(H,18,22)(H,20,21)/t12-,14+/m1/s1. The molecule has 128 valence electrons. The van der Waals surface area contributed by atoms with Gasteiger partial charge in [-0.2, -0.15) is 5.10 Å². The van der Waals surface area contributed by atoms with Crippen LogP contribution >= 0.6 is 0 Å². The summed E-state index contributed by atoms with van der Waals surface area (Å²) in [4.78, 5) is 27.6. The highest BCUT2D eigenvalue weighted by atomic mass is 16.5. The number of aryl methyl sites for hydroxylation is 1. The van der Waals surface area contributed by atoms with Crippen LogP contribution in [-0.2, 0) is 14.3 Å². The van der Waals surface area contributed by atoms with Gasteiger partial charge in [0, 0.05) is 25.1 Å². The highest BCUT2D eigenvalue weighted by Crippen LogP contribution is 2.17. The summed E-state index contributed by atoms with van der Waals surface area (Å²) in [5, 5.41) is 6.76. The van der Waals surface area contributed by atoms with Crippen LogP contribution in [-0.4, -0.2) is 47.9 Å². The molecule has 2 aliphatic heterocycles. The number of hydrazone groups is 1. The molecule has 2 N–H and O–H groups in total. The first kappa shape index (κ1) is 16.4. The molecule has 2 atom stereocenters. The fourth-order valence-electron chi connectivity index (χ4n) is 2.58. The molecule has 1 saturated heterocycles. The van der Waals surface area contributed by atoms with Crippen molar-refractivity contribution in [2.45, 2.75) is 38.3 Å². The molecule has 8 heteroatoms. The summed E-state index contributed by atoms with van der Waals surface area (Å²) in [7, 11) is 0. The van der Waals surface area contributed by atoms with Crippen LogP contribution in [0, 0.1) is 6.92 Å². The second kappa shape index (κ2) is 7.39. The third-order valence-corrected chi connectivity index (χ3v) is 3.96. The smallest absolute Gasteiger partial charge is 0.267 e. The molecule has 0 spiro atoms. The molecule has 0 unspecified atom stereocenters. The Labute approximate surface area is 139 Å². The number of rotatable bonds is 4. The number of nitrogens with one attached hydrogen (secondary N) is 2. The quantitative estimate of drug-likeness (QED) is 0.826. The van der Waals surface area contributed by atoms with E-state index in [-0.39, 0.29) is 30.4 Å². The second-order valence-electron chi connectivity index (χ2n) is 5.83. The van der Waals surface area contributed by atoms with Crippen LogP contribution in [0.4, 0.5) is 0 Å². The number of aromatic nitrogens is 1. The molecule has 1 aromatic rings.